The number of rotatable bonds is 5. The summed E-state index contributed by atoms with van der Waals surface area (Å²) in [7, 11) is 1.58. The Hall–Kier alpha value is -3.86. The Morgan fingerprint density at radius 2 is 2.28 bits per heavy atom. The van der Waals surface area contributed by atoms with Crippen molar-refractivity contribution in [3.8, 4) is 11.8 Å². The molecule has 1 atom stereocenters. The Bertz CT molecular complexity index is 1100. The van der Waals surface area contributed by atoms with Crippen LogP contribution >= 0.6 is 0 Å². The quantitative estimate of drug-likeness (QED) is 0.450. The second-order valence-corrected chi connectivity index (χ2v) is 6.81. The van der Waals surface area contributed by atoms with Gasteiger partial charge < -0.3 is 20.2 Å². The Morgan fingerprint density at radius 1 is 1.41 bits per heavy atom. The fraction of sp³-hybridized carbons (Fsp3) is 0.238. The third-order valence-corrected chi connectivity index (χ3v) is 5.08. The number of ether oxygens (including phenoxy) is 1. The van der Waals surface area contributed by atoms with Crippen molar-refractivity contribution in [2.75, 3.05) is 18.2 Å². The van der Waals surface area contributed by atoms with Crippen LogP contribution in [0.4, 0.5) is 11.4 Å². The molecule has 146 valence electrons. The maximum Gasteiger partial charge on any atom is 0.181 e. The first-order valence-corrected chi connectivity index (χ1v) is 9.22. The zero-order valence-corrected chi connectivity index (χ0v) is 15.9. The predicted molar refractivity (Wildman–Crippen MR) is 108 cm³/mol. The molecule has 2 heterocycles. The average molecular weight is 388 g/mol. The highest BCUT2D eigenvalue weighted by Gasteiger charge is 2.26. The molecule has 0 aliphatic heterocycles. The number of fused-ring (bicyclic) bond motifs is 1. The Kier molecular flexibility index (Phi) is 4.87. The van der Waals surface area contributed by atoms with E-state index in [1.54, 1.807) is 19.4 Å². The molecule has 8 heteroatoms. The minimum absolute atomic E-state index is 0.0312. The van der Waals surface area contributed by atoms with Crippen LogP contribution in [0, 0.1) is 16.7 Å². The highest BCUT2D eigenvalue weighted by atomic mass is 16.5. The molecule has 0 radical (unpaired) electrons. The molecule has 4 N–H and O–H groups in total. The minimum atomic E-state index is -0.0312. The number of nitrogens with two attached hydrogens (primary N) is 1. The normalized spacial score (nSPS) is 15.2. The number of nitrogen functional groups attached to an aromatic ring is 1. The van der Waals surface area contributed by atoms with Crippen LogP contribution in [0.25, 0.3) is 0 Å². The molecule has 1 unspecified atom stereocenters. The van der Waals surface area contributed by atoms with Gasteiger partial charge in [-0.2, -0.15) is 5.26 Å². The first-order valence-electron chi connectivity index (χ1n) is 9.22. The highest BCUT2D eigenvalue weighted by Crippen LogP contribution is 2.37. The zero-order valence-electron chi connectivity index (χ0n) is 15.9. The lowest BCUT2D eigenvalue weighted by Crippen LogP contribution is -2.20. The SMILES string of the molecule is COc1c(C#N)cnc2c1CCCC2Nc1ccc(N)c(C(=N)c2cnco2)c1. The number of aromatic nitrogens is 2. The van der Waals surface area contributed by atoms with Crippen LogP contribution in [-0.4, -0.2) is 22.8 Å². The molecule has 0 spiro atoms. The van der Waals surface area contributed by atoms with E-state index in [1.165, 1.54) is 12.6 Å². The lowest BCUT2D eigenvalue weighted by atomic mass is 9.90. The number of nitriles is 1. The summed E-state index contributed by atoms with van der Waals surface area (Å²) in [5.74, 6) is 0.960. The van der Waals surface area contributed by atoms with Crippen molar-refractivity contribution in [2.24, 2.45) is 0 Å². The first kappa shape index (κ1) is 18.5. The molecule has 0 bridgehead atoms. The number of hydrogen-bond donors (Lipinski definition) is 3. The maximum atomic E-state index is 9.31. The van der Waals surface area contributed by atoms with E-state index < -0.39 is 0 Å². The molecule has 0 saturated carbocycles. The molecule has 0 fully saturated rings. The van der Waals surface area contributed by atoms with Gasteiger partial charge in [-0.25, -0.2) is 4.98 Å². The Labute approximate surface area is 167 Å². The smallest absolute Gasteiger partial charge is 0.181 e. The van der Waals surface area contributed by atoms with Crippen LogP contribution in [0.5, 0.6) is 5.75 Å². The van der Waals surface area contributed by atoms with Crippen LogP contribution in [0.1, 0.15) is 47.0 Å². The van der Waals surface area contributed by atoms with E-state index in [2.05, 4.69) is 21.4 Å². The van der Waals surface area contributed by atoms with Crippen LogP contribution < -0.4 is 15.8 Å². The molecular formula is C21H20N6O2. The summed E-state index contributed by atoms with van der Waals surface area (Å²) in [6, 6.07) is 7.58. The van der Waals surface area contributed by atoms with Gasteiger partial charge in [0.25, 0.3) is 0 Å². The number of hydrogen-bond acceptors (Lipinski definition) is 8. The van der Waals surface area contributed by atoms with Gasteiger partial charge in [0, 0.05) is 28.7 Å². The summed E-state index contributed by atoms with van der Waals surface area (Å²) in [4.78, 5) is 8.40. The van der Waals surface area contributed by atoms with Gasteiger partial charge in [-0.05, 0) is 37.5 Å². The Balaban J connectivity index is 1.66. The number of anilines is 2. The predicted octanol–water partition coefficient (Wildman–Crippen LogP) is 3.44. The minimum Gasteiger partial charge on any atom is -0.495 e. The second kappa shape index (κ2) is 7.64. The summed E-state index contributed by atoms with van der Waals surface area (Å²) >= 11 is 0. The van der Waals surface area contributed by atoms with Gasteiger partial charge in [0.2, 0.25) is 0 Å². The third kappa shape index (κ3) is 3.38. The molecule has 1 aliphatic carbocycles. The van der Waals surface area contributed by atoms with Crippen LogP contribution in [-0.2, 0) is 6.42 Å². The van der Waals surface area contributed by atoms with Crippen LogP contribution in [0.3, 0.4) is 0 Å². The molecule has 3 aromatic rings. The van der Waals surface area contributed by atoms with E-state index in [9.17, 15) is 5.26 Å². The number of nitrogens with one attached hydrogen (secondary N) is 2. The monoisotopic (exact) mass is 388 g/mol. The van der Waals surface area contributed by atoms with Crippen molar-refractivity contribution in [1.82, 2.24) is 9.97 Å². The van der Waals surface area contributed by atoms with Gasteiger partial charge >= 0.3 is 0 Å². The van der Waals surface area contributed by atoms with E-state index in [0.717, 1.165) is 36.2 Å². The number of methoxy groups -OCH3 is 1. The van der Waals surface area contributed by atoms with Gasteiger partial charge in [0.15, 0.2) is 12.2 Å². The Morgan fingerprint density at radius 3 is 3.00 bits per heavy atom. The summed E-state index contributed by atoms with van der Waals surface area (Å²) in [5, 5.41) is 21.2. The lowest BCUT2D eigenvalue weighted by Gasteiger charge is -2.28. The standard InChI is InChI=1S/C21H20N6O2/c1-28-21-12(8-22)9-26-20-14(21)3-2-4-17(20)27-13-5-6-16(23)15(7-13)19(24)18-10-25-11-29-18/h5-7,9-11,17,24,27H,2-4,23H2,1H3. The van der Waals surface area contributed by atoms with Gasteiger partial charge in [-0.3, -0.25) is 10.4 Å². The van der Waals surface area contributed by atoms with E-state index >= 15 is 0 Å². The summed E-state index contributed by atoms with van der Waals surface area (Å²) < 4.78 is 10.7. The number of benzene rings is 1. The molecular weight excluding hydrogens is 368 g/mol. The molecule has 2 aromatic heterocycles. The molecule has 8 nitrogen and oxygen atoms in total. The van der Waals surface area contributed by atoms with Crippen molar-refractivity contribution in [1.29, 1.82) is 10.7 Å². The van der Waals surface area contributed by atoms with Crippen LogP contribution in [0.15, 0.2) is 41.4 Å². The average Bonchev–Trinajstić information content (AvgIpc) is 3.28. The summed E-state index contributed by atoms with van der Waals surface area (Å²) in [6.45, 7) is 0. The van der Waals surface area contributed by atoms with Crippen molar-refractivity contribution in [3.63, 3.8) is 0 Å². The first-order chi connectivity index (χ1) is 14.1. The summed E-state index contributed by atoms with van der Waals surface area (Å²) in [6.07, 6.45) is 7.01. The molecule has 1 aliphatic rings. The van der Waals surface area contributed by atoms with Gasteiger partial charge in [-0.1, -0.05) is 0 Å². The highest BCUT2D eigenvalue weighted by molar-refractivity contribution is 6.12. The lowest BCUT2D eigenvalue weighted by molar-refractivity contribution is 0.401. The molecule has 1 aromatic carbocycles. The maximum absolute atomic E-state index is 9.31. The number of oxazole rings is 1. The van der Waals surface area contributed by atoms with Crippen molar-refractivity contribution in [2.45, 2.75) is 25.3 Å². The zero-order chi connectivity index (χ0) is 20.4. The van der Waals surface area contributed by atoms with E-state index in [-0.39, 0.29) is 11.8 Å². The van der Waals surface area contributed by atoms with E-state index in [0.29, 0.717) is 28.3 Å². The van der Waals surface area contributed by atoms with Crippen LogP contribution in [0.2, 0.25) is 0 Å². The van der Waals surface area contributed by atoms with Crippen molar-refractivity contribution in [3.05, 3.63) is 65.1 Å². The number of pyridine rings is 1. The van der Waals surface area contributed by atoms with Gasteiger partial charge in [-0.15, -0.1) is 0 Å². The summed E-state index contributed by atoms with van der Waals surface area (Å²) in [5.41, 5.74) is 10.4. The van der Waals surface area contributed by atoms with E-state index in [1.807, 2.05) is 12.1 Å². The number of nitrogens with zero attached hydrogens (tertiary/aromatic N) is 3. The molecule has 0 amide bonds. The molecule has 29 heavy (non-hydrogen) atoms. The fourth-order valence-electron chi connectivity index (χ4n) is 3.70. The van der Waals surface area contributed by atoms with E-state index in [4.69, 9.17) is 20.3 Å². The molecule has 0 saturated heterocycles. The fourth-order valence-corrected chi connectivity index (χ4v) is 3.70. The van der Waals surface area contributed by atoms with Crippen molar-refractivity contribution < 1.29 is 9.15 Å². The second-order valence-electron chi connectivity index (χ2n) is 6.81. The van der Waals surface area contributed by atoms with Gasteiger partial charge in [0.05, 0.1) is 25.0 Å². The van der Waals surface area contributed by atoms with Crippen molar-refractivity contribution >= 4 is 17.1 Å². The molecule has 4 rings (SSSR count). The largest absolute Gasteiger partial charge is 0.495 e. The topological polar surface area (TPSA) is 134 Å². The third-order valence-electron chi connectivity index (χ3n) is 5.08. The van der Waals surface area contributed by atoms with Gasteiger partial charge in [0.1, 0.15) is 23.1 Å².